The van der Waals surface area contributed by atoms with Gasteiger partial charge >= 0.3 is 0 Å². The number of likely N-dealkylation sites (tertiary alicyclic amines) is 1. The van der Waals surface area contributed by atoms with Crippen LogP contribution in [0.1, 0.15) is 24.8 Å². The van der Waals surface area contributed by atoms with Crippen molar-refractivity contribution in [2.45, 2.75) is 37.8 Å². The fourth-order valence-electron chi connectivity index (χ4n) is 3.52. The molecular weight excluding hydrogens is 220 g/mol. The van der Waals surface area contributed by atoms with E-state index in [4.69, 9.17) is 0 Å². The fourth-order valence-corrected chi connectivity index (χ4v) is 3.52. The minimum atomic E-state index is 0.813. The summed E-state index contributed by atoms with van der Waals surface area (Å²) in [5.41, 5.74) is 1.47. The summed E-state index contributed by atoms with van der Waals surface area (Å²) in [6.45, 7) is 3.78. The molecule has 0 spiro atoms. The highest BCUT2D eigenvalue weighted by atomic mass is 15.3. The Morgan fingerprint density at radius 1 is 1.06 bits per heavy atom. The monoisotopic (exact) mass is 244 g/mol. The molecule has 2 heteroatoms. The van der Waals surface area contributed by atoms with E-state index in [-0.39, 0.29) is 0 Å². The summed E-state index contributed by atoms with van der Waals surface area (Å²) in [5, 5.41) is 0. The molecule has 98 valence electrons. The smallest absolute Gasteiger partial charge is 0.0223 e. The highest BCUT2D eigenvalue weighted by molar-refractivity contribution is 5.15. The molecule has 0 radical (unpaired) electrons. The quantitative estimate of drug-likeness (QED) is 0.805. The molecule has 2 aliphatic rings. The van der Waals surface area contributed by atoms with E-state index in [1.807, 2.05) is 0 Å². The van der Waals surface area contributed by atoms with Crippen LogP contribution in [0.25, 0.3) is 0 Å². The van der Waals surface area contributed by atoms with Crippen LogP contribution >= 0.6 is 0 Å². The lowest BCUT2D eigenvalue weighted by atomic mass is 9.92. The highest BCUT2D eigenvalue weighted by Crippen LogP contribution is 2.26. The molecule has 2 atom stereocenters. The summed E-state index contributed by atoms with van der Waals surface area (Å²) in [4.78, 5) is 5.31. The van der Waals surface area contributed by atoms with Crippen molar-refractivity contribution in [1.29, 1.82) is 0 Å². The predicted octanol–water partition coefficient (Wildman–Crippen LogP) is 2.40. The van der Waals surface area contributed by atoms with Gasteiger partial charge in [-0.1, -0.05) is 36.8 Å². The third-order valence-electron chi connectivity index (χ3n) is 4.72. The lowest BCUT2D eigenvalue weighted by Crippen LogP contribution is -2.59. The van der Waals surface area contributed by atoms with Crippen molar-refractivity contribution < 1.29 is 0 Å². The maximum absolute atomic E-state index is 2.68. The Labute approximate surface area is 111 Å². The zero-order valence-corrected chi connectivity index (χ0v) is 11.4. The minimum absolute atomic E-state index is 0.813. The minimum Gasteiger partial charge on any atom is -0.300 e. The number of benzene rings is 1. The molecule has 2 unspecified atom stereocenters. The van der Waals surface area contributed by atoms with Crippen LogP contribution in [-0.2, 0) is 6.42 Å². The largest absolute Gasteiger partial charge is 0.300 e. The first-order valence-electron chi connectivity index (χ1n) is 7.31. The van der Waals surface area contributed by atoms with Crippen LogP contribution in [-0.4, -0.2) is 48.6 Å². The van der Waals surface area contributed by atoms with E-state index in [0.717, 1.165) is 12.1 Å². The summed E-state index contributed by atoms with van der Waals surface area (Å²) >= 11 is 0. The molecule has 2 heterocycles. The number of piperazine rings is 1. The summed E-state index contributed by atoms with van der Waals surface area (Å²) in [6.07, 6.45) is 5.43. The van der Waals surface area contributed by atoms with Gasteiger partial charge in [0.15, 0.2) is 0 Å². The van der Waals surface area contributed by atoms with Crippen LogP contribution in [0.4, 0.5) is 0 Å². The molecule has 0 N–H and O–H groups in total. The Morgan fingerprint density at radius 3 is 2.39 bits per heavy atom. The third kappa shape index (κ3) is 2.60. The molecule has 0 aliphatic carbocycles. The van der Waals surface area contributed by atoms with Crippen molar-refractivity contribution in [2.24, 2.45) is 0 Å². The summed E-state index contributed by atoms with van der Waals surface area (Å²) < 4.78 is 0. The highest BCUT2D eigenvalue weighted by Gasteiger charge is 2.34. The summed E-state index contributed by atoms with van der Waals surface area (Å²) in [7, 11) is 2.32. The van der Waals surface area contributed by atoms with Crippen LogP contribution < -0.4 is 0 Å². The van der Waals surface area contributed by atoms with Gasteiger partial charge in [0.05, 0.1) is 0 Å². The van der Waals surface area contributed by atoms with E-state index in [0.29, 0.717) is 0 Å². The normalized spacial score (nSPS) is 29.4. The zero-order valence-electron chi connectivity index (χ0n) is 11.4. The van der Waals surface area contributed by atoms with E-state index in [1.54, 1.807) is 0 Å². The maximum atomic E-state index is 2.68. The molecule has 1 aromatic rings. The van der Waals surface area contributed by atoms with Gasteiger partial charge in [0.2, 0.25) is 0 Å². The van der Waals surface area contributed by atoms with Crippen molar-refractivity contribution in [3.63, 3.8) is 0 Å². The molecule has 2 bridgehead atoms. The number of likely N-dealkylation sites (N-methyl/N-ethyl adjacent to an activating group) is 1. The first-order chi connectivity index (χ1) is 8.83. The van der Waals surface area contributed by atoms with Gasteiger partial charge in [-0.05, 0) is 31.9 Å². The van der Waals surface area contributed by atoms with Crippen LogP contribution in [0.5, 0.6) is 0 Å². The molecular formula is C16H24N2. The van der Waals surface area contributed by atoms with E-state index >= 15 is 0 Å². The fraction of sp³-hybridized carbons (Fsp3) is 0.625. The van der Waals surface area contributed by atoms with E-state index in [9.17, 15) is 0 Å². The molecule has 1 aromatic carbocycles. The molecule has 0 aromatic heterocycles. The number of nitrogens with zero attached hydrogens (tertiary/aromatic N) is 2. The Balaban J connectivity index is 1.55. The molecule has 2 nitrogen and oxygen atoms in total. The van der Waals surface area contributed by atoms with Gasteiger partial charge in [-0.2, -0.15) is 0 Å². The molecule has 3 rings (SSSR count). The number of hydrogen-bond acceptors (Lipinski definition) is 2. The first kappa shape index (κ1) is 12.2. The van der Waals surface area contributed by atoms with Gasteiger partial charge in [-0.15, -0.1) is 0 Å². The van der Waals surface area contributed by atoms with Gasteiger partial charge < -0.3 is 0 Å². The SMILES string of the molecule is CN1C2CCCC1CN(CCc1ccccc1)C2. The Kier molecular flexibility index (Phi) is 3.67. The second-order valence-corrected chi connectivity index (χ2v) is 5.90. The van der Waals surface area contributed by atoms with Crippen molar-refractivity contribution in [3.05, 3.63) is 35.9 Å². The van der Waals surface area contributed by atoms with Crippen LogP contribution in [0.15, 0.2) is 30.3 Å². The van der Waals surface area contributed by atoms with Crippen LogP contribution in [0.2, 0.25) is 0 Å². The molecule has 0 saturated carbocycles. The standard InChI is InChI=1S/C16H24N2/c1-17-15-8-5-9-16(17)13-18(12-15)11-10-14-6-3-2-4-7-14/h2-4,6-7,15-16H,5,8-13H2,1H3. The Bertz CT molecular complexity index is 362. The lowest BCUT2D eigenvalue weighted by Gasteiger charge is -2.48. The Hall–Kier alpha value is -0.860. The molecule has 2 aliphatic heterocycles. The second-order valence-electron chi connectivity index (χ2n) is 5.90. The summed E-state index contributed by atoms with van der Waals surface area (Å²) in [6, 6.07) is 12.5. The topological polar surface area (TPSA) is 6.48 Å². The van der Waals surface area contributed by atoms with Crippen molar-refractivity contribution >= 4 is 0 Å². The second kappa shape index (κ2) is 5.41. The van der Waals surface area contributed by atoms with Gasteiger partial charge in [0.25, 0.3) is 0 Å². The maximum Gasteiger partial charge on any atom is 0.0223 e. The number of piperidine rings is 1. The van der Waals surface area contributed by atoms with Crippen molar-refractivity contribution in [1.82, 2.24) is 9.80 Å². The lowest BCUT2D eigenvalue weighted by molar-refractivity contribution is 0.0106. The third-order valence-corrected chi connectivity index (χ3v) is 4.72. The molecule has 2 fully saturated rings. The van der Waals surface area contributed by atoms with E-state index in [1.165, 1.54) is 50.9 Å². The van der Waals surface area contributed by atoms with E-state index < -0.39 is 0 Å². The molecule has 18 heavy (non-hydrogen) atoms. The predicted molar refractivity (Wildman–Crippen MR) is 75.8 cm³/mol. The van der Waals surface area contributed by atoms with Gasteiger partial charge in [0.1, 0.15) is 0 Å². The van der Waals surface area contributed by atoms with Crippen molar-refractivity contribution in [3.8, 4) is 0 Å². The molecule has 0 amide bonds. The van der Waals surface area contributed by atoms with Gasteiger partial charge in [-0.25, -0.2) is 0 Å². The average Bonchev–Trinajstić information content (AvgIpc) is 2.38. The van der Waals surface area contributed by atoms with Gasteiger partial charge in [-0.3, -0.25) is 9.80 Å². The zero-order chi connectivity index (χ0) is 12.4. The van der Waals surface area contributed by atoms with Crippen LogP contribution in [0, 0.1) is 0 Å². The summed E-state index contributed by atoms with van der Waals surface area (Å²) in [5.74, 6) is 0. The number of rotatable bonds is 3. The van der Waals surface area contributed by atoms with E-state index in [2.05, 4.69) is 47.2 Å². The van der Waals surface area contributed by atoms with Gasteiger partial charge in [0, 0.05) is 31.7 Å². The first-order valence-corrected chi connectivity index (χ1v) is 7.31. The number of hydrogen-bond donors (Lipinski definition) is 0. The van der Waals surface area contributed by atoms with Crippen molar-refractivity contribution in [2.75, 3.05) is 26.7 Å². The molecule has 2 saturated heterocycles. The average molecular weight is 244 g/mol. The Morgan fingerprint density at radius 2 is 1.72 bits per heavy atom. The van der Waals surface area contributed by atoms with Crippen LogP contribution in [0.3, 0.4) is 0 Å². The number of fused-ring (bicyclic) bond motifs is 2.